The van der Waals surface area contributed by atoms with Crippen molar-refractivity contribution in [3.8, 4) is 0 Å². The lowest BCUT2D eigenvalue weighted by Crippen LogP contribution is -2.61. The van der Waals surface area contributed by atoms with Crippen molar-refractivity contribution in [2.24, 2.45) is 17.3 Å². The molecule has 0 radical (unpaired) electrons. The zero-order chi connectivity index (χ0) is 19.6. The second-order valence-corrected chi connectivity index (χ2v) is 9.24. The number of esters is 1. The number of benzene rings is 2. The maximum atomic E-state index is 12.6. The molecule has 3 saturated carbocycles. The highest BCUT2D eigenvalue weighted by atomic mass is 17.2. The molecule has 0 aromatic heterocycles. The fourth-order valence-electron chi connectivity index (χ4n) is 5.60. The Morgan fingerprint density at radius 1 is 0.964 bits per heavy atom. The second kappa shape index (κ2) is 5.91. The zero-order valence-electron chi connectivity index (χ0n) is 16.6. The van der Waals surface area contributed by atoms with Crippen LogP contribution in [0.25, 0.3) is 0 Å². The van der Waals surface area contributed by atoms with Crippen molar-refractivity contribution in [3.05, 3.63) is 71.3 Å². The van der Waals surface area contributed by atoms with Crippen LogP contribution in [-0.4, -0.2) is 11.6 Å². The summed E-state index contributed by atoms with van der Waals surface area (Å²) in [6, 6.07) is 17.0. The second-order valence-electron chi connectivity index (χ2n) is 9.24. The van der Waals surface area contributed by atoms with Gasteiger partial charge in [-0.3, -0.25) is 0 Å². The van der Waals surface area contributed by atoms with Crippen LogP contribution in [0.15, 0.2) is 54.6 Å². The maximum Gasteiger partial charge on any atom is 0.341 e. The van der Waals surface area contributed by atoms with Crippen LogP contribution in [0.2, 0.25) is 0 Å². The molecule has 1 aliphatic heterocycles. The number of hydrogen-bond donors (Lipinski definition) is 0. The van der Waals surface area contributed by atoms with Crippen LogP contribution in [0.5, 0.6) is 0 Å². The van der Waals surface area contributed by atoms with Crippen molar-refractivity contribution in [1.82, 2.24) is 0 Å². The van der Waals surface area contributed by atoms with Gasteiger partial charge in [-0.15, -0.1) is 0 Å². The van der Waals surface area contributed by atoms with Gasteiger partial charge in [-0.2, -0.15) is 4.89 Å². The van der Waals surface area contributed by atoms with E-state index < -0.39 is 11.4 Å². The van der Waals surface area contributed by atoms with Crippen molar-refractivity contribution in [3.63, 3.8) is 0 Å². The van der Waals surface area contributed by atoms with Crippen molar-refractivity contribution in [1.29, 1.82) is 0 Å². The number of cyclic esters (lactones) is 1. The van der Waals surface area contributed by atoms with E-state index in [-0.39, 0.29) is 11.4 Å². The van der Waals surface area contributed by atoms with Gasteiger partial charge in [0, 0.05) is 11.1 Å². The molecular formula is C24H26O4. The van der Waals surface area contributed by atoms with Crippen molar-refractivity contribution in [2.45, 2.75) is 51.4 Å². The molecule has 4 aliphatic rings. The first-order valence-corrected chi connectivity index (χ1v) is 10.1. The summed E-state index contributed by atoms with van der Waals surface area (Å²) in [5, 5.41) is 0. The molecule has 3 aliphatic carbocycles. The molecule has 2 bridgehead atoms. The SMILES string of the molecule is CC1(OOC2(c3ccccc3)OC(=O)c3ccccc32)CCC2CC1C2(C)C. The first-order valence-electron chi connectivity index (χ1n) is 10.1. The lowest BCUT2D eigenvalue weighted by atomic mass is 9.44. The molecule has 4 atom stereocenters. The predicted molar refractivity (Wildman–Crippen MR) is 104 cm³/mol. The highest BCUT2D eigenvalue weighted by Gasteiger charge is 2.62. The first-order chi connectivity index (χ1) is 13.4. The minimum Gasteiger partial charge on any atom is -0.418 e. The monoisotopic (exact) mass is 378 g/mol. The van der Waals surface area contributed by atoms with Crippen LogP contribution in [0.4, 0.5) is 0 Å². The van der Waals surface area contributed by atoms with Gasteiger partial charge in [-0.1, -0.05) is 62.4 Å². The van der Waals surface area contributed by atoms with Crippen LogP contribution >= 0.6 is 0 Å². The average molecular weight is 378 g/mol. The Bertz CT molecular complexity index is 919. The van der Waals surface area contributed by atoms with Gasteiger partial charge < -0.3 is 4.74 Å². The topological polar surface area (TPSA) is 44.8 Å². The molecule has 0 saturated heterocycles. The van der Waals surface area contributed by atoms with Gasteiger partial charge >= 0.3 is 5.97 Å². The molecule has 6 rings (SSSR count). The molecular weight excluding hydrogens is 352 g/mol. The van der Waals surface area contributed by atoms with E-state index in [1.54, 1.807) is 6.07 Å². The standard InChI is InChI=1S/C24H26O4/c1-22(2)17-13-14-23(3,20(22)15-17)27-28-24(16-9-5-4-6-10-16)19-12-8-7-11-18(19)21(25)26-24/h4-12,17,20H,13-15H2,1-3H3. The molecule has 4 unspecified atom stereocenters. The Kier molecular flexibility index (Phi) is 3.78. The van der Waals surface area contributed by atoms with Crippen LogP contribution in [0.3, 0.4) is 0 Å². The third kappa shape index (κ3) is 2.34. The summed E-state index contributed by atoms with van der Waals surface area (Å²) in [5.41, 5.74) is 1.81. The van der Waals surface area contributed by atoms with Crippen molar-refractivity contribution in [2.75, 3.05) is 0 Å². The lowest BCUT2D eigenvalue weighted by molar-refractivity contribution is -0.469. The van der Waals surface area contributed by atoms with Crippen LogP contribution in [-0.2, 0) is 20.3 Å². The van der Waals surface area contributed by atoms with Gasteiger partial charge in [0.05, 0.1) is 5.56 Å². The van der Waals surface area contributed by atoms with Gasteiger partial charge in [0.15, 0.2) is 0 Å². The van der Waals surface area contributed by atoms with Gasteiger partial charge in [0.25, 0.3) is 5.79 Å². The minimum atomic E-state index is -1.37. The number of fused-ring (bicyclic) bond motifs is 3. The first kappa shape index (κ1) is 17.9. The number of rotatable bonds is 4. The summed E-state index contributed by atoms with van der Waals surface area (Å²) >= 11 is 0. The summed E-state index contributed by atoms with van der Waals surface area (Å²) in [5.74, 6) is -0.565. The molecule has 0 spiro atoms. The minimum absolute atomic E-state index is 0.251. The lowest BCUT2D eigenvalue weighted by Gasteiger charge is -2.63. The molecule has 1 heterocycles. The Morgan fingerprint density at radius 2 is 1.68 bits per heavy atom. The normalized spacial score (nSPS) is 35.0. The van der Waals surface area contributed by atoms with Gasteiger partial charge in [-0.05, 0) is 49.5 Å². The largest absolute Gasteiger partial charge is 0.418 e. The quantitative estimate of drug-likeness (QED) is 0.416. The van der Waals surface area contributed by atoms with Gasteiger partial charge in [0.1, 0.15) is 5.60 Å². The van der Waals surface area contributed by atoms with E-state index in [2.05, 4.69) is 20.8 Å². The van der Waals surface area contributed by atoms with Crippen LogP contribution < -0.4 is 0 Å². The predicted octanol–water partition coefficient (Wildman–Crippen LogP) is 5.22. The fraction of sp³-hybridized carbons (Fsp3) is 0.458. The van der Waals surface area contributed by atoms with Crippen LogP contribution in [0.1, 0.15) is 61.5 Å². The molecule has 2 aromatic carbocycles. The molecule has 146 valence electrons. The Hall–Kier alpha value is -2.17. The fourth-order valence-corrected chi connectivity index (χ4v) is 5.60. The van der Waals surface area contributed by atoms with E-state index in [4.69, 9.17) is 14.5 Å². The average Bonchev–Trinajstić information content (AvgIpc) is 3.00. The van der Waals surface area contributed by atoms with Gasteiger partial charge in [0.2, 0.25) is 0 Å². The summed E-state index contributed by atoms with van der Waals surface area (Å²) in [6.07, 6.45) is 3.26. The molecule has 0 amide bonds. The maximum absolute atomic E-state index is 12.6. The third-order valence-corrected chi connectivity index (χ3v) is 7.44. The Morgan fingerprint density at radius 3 is 2.39 bits per heavy atom. The molecule has 3 fully saturated rings. The number of carbonyl (C=O) groups is 1. The van der Waals surface area contributed by atoms with E-state index in [0.29, 0.717) is 17.0 Å². The van der Waals surface area contributed by atoms with Gasteiger partial charge in [-0.25, -0.2) is 9.68 Å². The summed E-state index contributed by atoms with van der Waals surface area (Å²) < 4.78 is 5.86. The van der Waals surface area contributed by atoms with Crippen molar-refractivity contribution >= 4 is 5.97 Å². The summed E-state index contributed by atoms with van der Waals surface area (Å²) in [6.45, 7) is 6.78. The van der Waals surface area contributed by atoms with Crippen molar-refractivity contribution < 1.29 is 19.3 Å². The van der Waals surface area contributed by atoms with E-state index >= 15 is 0 Å². The molecule has 4 nitrogen and oxygen atoms in total. The van der Waals surface area contributed by atoms with E-state index in [1.165, 1.54) is 6.42 Å². The molecule has 0 N–H and O–H groups in total. The number of hydrogen-bond acceptors (Lipinski definition) is 4. The zero-order valence-corrected chi connectivity index (χ0v) is 16.6. The molecule has 28 heavy (non-hydrogen) atoms. The smallest absolute Gasteiger partial charge is 0.341 e. The Labute approximate surface area is 165 Å². The number of ether oxygens (including phenoxy) is 1. The van der Waals surface area contributed by atoms with E-state index in [9.17, 15) is 4.79 Å². The van der Waals surface area contributed by atoms with Crippen LogP contribution in [0, 0.1) is 17.3 Å². The summed E-state index contributed by atoms with van der Waals surface area (Å²) in [7, 11) is 0. The Balaban J connectivity index is 1.52. The van der Waals surface area contributed by atoms with E-state index in [0.717, 1.165) is 24.3 Å². The highest BCUT2D eigenvalue weighted by molar-refractivity contribution is 5.95. The van der Waals surface area contributed by atoms with E-state index in [1.807, 2.05) is 48.5 Å². The number of carbonyl (C=O) groups excluding carboxylic acids is 1. The highest BCUT2D eigenvalue weighted by Crippen LogP contribution is 2.64. The summed E-state index contributed by atoms with van der Waals surface area (Å²) in [4.78, 5) is 25.0. The molecule has 4 heteroatoms. The molecule has 2 aromatic rings. The third-order valence-electron chi connectivity index (χ3n) is 7.44.